The molecular weight excluding hydrogens is 622 g/mol. The van der Waals surface area contributed by atoms with E-state index in [1.807, 2.05) is 12.1 Å². The van der Waals surface area contributed by atoms with Crippen LogP contribution >= 0.6 is 45.8 Å². The summed E-state index contributed by atoms with van der Waals surface area (Å²) in [6, 6.07) is 24.3. The van der Waals surface area contributed by atoms with Crippen molar-refractivity contribution in [3.63, 3.8) is 0 Å². The molecule has 0 aliphatic heterocycles. The van der Waals surface area contributed by atoms with Gasteiger partial charge in [0, 0.05) is 14.3 Å². The lowest BCUT2D eigenvalue weighted by molar-refractivity contribution is 0.102. The molecule has 178 valence electrons. The summed E-state index contributed by atoms with van der Waals surface area (Å²) in [5.74, 6) is 0.365. The summed E-state index contributed by atoms with van der Waals surface area (Å²) in [4.78, 5) is 12.9. The fourth-order valence-electron chi connectivity index (χ4n) is 3.07. The average Bonchev–Trinajstić information content (AvgIpc) is 2.83. The molecule has 0 atom stereocenters. The highest BCUT2D eigenvalue weighted by Crippen LogP contribution is 2.30. The van der Waals surface area contributed by atoms with Crippen LogP contribution in [-0.4, -0.2) is 14.3 Å². The van der Waals surface area contributed by atoms with Crippen molar-refractivity contribution in [1.29, 1.82) is 0 Å². The van der Waals surface area contributed by atoms with Gasteiger partial charge in [0.1, 0.15) is 11.5 Å². The summed E-state index contributed by atoms with van der Waals surface area (Å²) < 4.78 is 35.3. The molecule has 0 saturated carbocycles. The average molecular weight is 639 g/mol. The molecule has 4 aromatic rings. The number of carbonyl (C=O) groups excluding carboxylic acids is 1. The van der Waals surface area contributed by atoms with E-state index in [4.69, 9.17) is 27.9 Å². The van der Waals surface area contributed by atoms with Crippen molar-refractivity contribution >= 4 is 73.1 Å². The molecule has 10 heteroatoms. The third-order valence-electron chi connectivity index (χ3n) is 4.77. The second-order valence-corrected chi connectivity index (χ2v) is 11.0. The Kier molecular flexibility index (Phi) is 7.85. The molecule has 0 spiro atoms. The van der Waals surface area contributed by atoms with Gasteiger partial charge in [-0.25, -0.2) is 8.42 Å². The minimum absolute atomic E-state index is 0.0112. The molecule has 0 bridgehead atoms. The summed E-state index contributed by atoms with van der Waals surface area (Å²) in [5, 5.41) is 3.48. The number of anilines is 2. The molecule has 0 fully saturated rings. The molecule has 0 aromatic heterocycles. The van der Waals surface area contributed by atoms with Crippen LogP contribution in [0.4, 0.5) is 11.4 Å². The molecule has 0 radical (unpaired) electrons. The van der Waals surface area contributed by atoms with Gasteiger partial charge in [0.05, 0.1) is 21.2 Å². The van der Waals surface area contributed by atoms with Crippen LogP contribution in [0.2, 0.25) is 10.0 Å². The van der Waals surface area contributed by atoms with Crippen LogP contribution in [0.3, 0.4) is 0 Å². The fraction of sp³-hybridized carbons (Fsp3) is 0. The van der Waals surface area contributed by atoms with E-state index >= 15 is 0 Å². The smallest absolute Gasteiger partial charge is 0.261 e. The number of nitrogens with one attached hydrogen (secondary N) is 2. The zero-order valence-electron chi connectivity index (χ0n) is 17.8. The Morgan fingerprint density at radius 1 is 0.857 bits per heavy atom. The molecule has 0 aliphatic rings. The number of rotatable bonds is 7. The maximum absolute atomic E-state index is 13.0. The molecule has 4 aromatic carbocycles. The highest BCUT2D eigenvalue weighted by molar-refractivity contribution is 14.1. The fourth-order valence-corrected chi connectivity index (χ4v) is 4.86. The number of hydrogen-bond donors (Lipinski definition) is 2. The lowest BCUT2D eigenvalue weighted by Crippen LogP contribution is -2.18. The zero-order valence-corrected chi connectivity index (χ0v) is 22.3. The maximum atomic E-state index is 13.0. The Hall–Kier alpha value is -2.79. The molecule has 0 unspecified atom stereocenters. The van der Waals surface area contributed by atoms with Crippen molar-refractivity contribution in [1.82, 2.24) is 0 Å². The van der Waals surface area contributed by atoms with Crippen molar-refractivity contribution in [3.05, 3.63) is 110 Å². The molecule has 0 aliphatic carbocycles. The number of hydrogen-bond acceptors (Lipinski definition) is 4. The Balaban J connectivity index is 1.54. The second kappa shape index (κ2) is 10.9. The van der Waals surface area contributed by atoms with Gasteiger partial charge < -0.3 is 10.1 Å². The third-order valence-corrected chi connectivity index (χ3v) is 7.42. The quantitative estimate of drug-likeness (QED) is 0.206. The Morgan fingerprint density at radius 3 is 2.23 bits per heavy atom. The maximum Gasteiger partial charge on any atom is 0.261 e. The van der Waals surface area contributed by atoms with Crippen LogP contribution in [0.1, 0.15) is 10.4 Å². The van der Waals surface area contributed by atoms with Gasteiger partial charge >= 0.3 is 0 Å². The van der Waals surface area contributed by atoms with Crippen molar-refractivity contribution in [2.45, 2.75) is 4.90 Å². The summed E-state index contributed by atoms with van der Waals surface area (Å²) in [6.07, 6.45) is 0. The van der Waals surface area contributed by atoms with Gasteiger partial charge in [0.25, 0.3) is 15.9 Å². The van der Waals surface area contributed by atoms with Gasteiger partial charge in [-0.15, -0.1) is 0 Å². The Morgan fingerprint density at radius 2 is 1.54 bits per heavy atom. The van der Waals surface area contributed by atoms with Gasteiger partial charge in [-0.05, 0) is 101 Å². The van der Waals surface area contributed by atoms with E-state index < -0.39 is 15.9 Å². The first-order valence-electron chi connectivity index (χ1n) is 10.1. The molecule has 0 heterocycles. The summed E-state index contributed by atoms with van der Waals surface area (Å²) >= 11 is 14.4. The van der Waals surface area contributed by atoms with Gasteiger partial charge in [0.2, 0.25) is 0 Å². The topological polar surface area (TPSA) is 84.5 Å². The lowest BCUT2D eigenvalue weighted by atomic mass is 10.1. The number of para-hydroxylation sites is 1. The van der Waals surface area contributed by atoms with Gasteiger partial charge in [0.15, 0.2) is 0 Å². The highest BCUT2D eigenvalue weighted by Gasteiger charge is 2.20. The van der Waals surface area contributed by atoms with Gasteiger partial charge in [-0.2, -0.15) is 0 Å². The molecule has 6 nitrogen and oxygen atoms in total. The number of benzene rings is 4. The second-order valence-electron chi connectivity index (χ2n) is 7.26. The first kappa shape index (κ1) is 25.3. The minimum atomic E-state index is -4.01. The molecule has 0 saturated heterocycles. The molecule has 35 heavy (non-hydrogen) atoms. The summed E-state index contributed by atoms with van der Waals surface area (Å²) in [5.41, 5.74) is 0.741. The van der Waals surface area contributed by atoms with E-state index in [1.54, 1.807) is 36.4 Å². The first-order chi connectivity index (χ1) is 16.7. The number of ether oxygens (including phenoxy) is 1. The molecule has 2 N–H and O–H groups in total. The van der Waals surface area contributed by atoms with Crippen molar-refractivity contribution < 1.29 is 17.9 Å². The third kappa shape index (κ3) is 6.46. The van der Waals surface area contributed by atoms with E-state index in [1.165, 1.54) is 42.5 Å². The van der Waals surface area contributed by atoms with Crippen molar-refractivity contribution in [2.75, 3.05) is 10.0 Å². The zero-order chi connectivity index (χ0) is 25.0. The van der Waals surface area contributed by atoms with Crippen LogP contribution < -0.4 is 14.8 Å². The summed E-state index contributed by atoms with van der Waals surface area (Å²) in [6.45, 7) is 0. The number of carbonyl (C=O) groups is 1. The summed E-state index contributed by atoms with van der Waals surface area (Å²) in [7, 11) is -4.01. The SMILES string of the molecule is O=C(Nc1ccc(I)cc1)c1cc(Cl)ccc1NS(=O)(=O)c1ccc(Oc2ccccc2Cl)cc1. The van der Waals surface area contributed by atoms with E-state index in [9.17, 15) is 13.2 Å². The van der Waals surface area contributed by atoms with Gasteiger partial charge in [-0.1, -0.05) is 35.3 Å². The lowest BCUT2D eigenvalue weighted by Gasteiger charge is -2.14. The van der Waals surface area contributed by atoms with E-state index in [2.05, 4.69) is 32.6 Å². The number of amides is 1. The monoisotopic (exact) mass is 638 g/mol. The predicted molar refractivity (Wildman–Crippen MR) is 147 cm³/mol. The largest absolute Gasteiger partial charge is 0.456 e. The highest BCUT2D eigenvalue weighted by atomic mass is 127. The number of sulfonamides is 1. The van der Waals surface area contributed by atoms with E-state index in [-0.39, 0.29) is 16.1 Å². The van der Waals surface area contributed by atoms with Crippen LogP contribution in [-0.2, 0) is 10.0 Å². The standard InChI is InChI=1S/C25H17Cl2IN2O4S/c26-16-5-14-23(21(15-16)25(31)29-18-8-6-17(28)7-9-18)30-35(32,33)20-12-10-19(11-13-20)34-24-4-2-1-3-22(24)27/h1-15,30H,(H,29,31). The van der Waals surface area contributed by atoms with Crippen molar-refractivity contribution in [2.24, 2.45) is 0 Å². The van der Waals surface area contributed by atoms with Crippen LogP contribution in [0.5, 0.6) is 11.5 Å². The van der Waals surface area contributed by atoms with Crippen LogP contribution in [0, 0.1) is 3.57 Å². The minimum Gasteiger partial charge on any atom is -0.456 e. The van der Waals surface area contributed by atoms with Gasteiger partial charge in [-0.3, -0.25) is 9.52 Å². The number of halogens is 3. The van der Waals surface area contributed by atoms with Crippen LogP contribution in [0.25, 0.3) is 0 Å². The van der Waals surface area contributed by atoms with E-state index in [0.29, 0.717) is 27.2 Å². The van der Waals surface area contributed by atoms with Crippen molar-refractivity contribution in [3.8, 4) is 11.5 Å². The molecular formula is C25H17Cl2IN2O4S. The predicted octanol–water partition coefficient (Wildman–Crippen LogP) is 7.44. The molecule has 1 amide bonds. The Labute approximate surface area is 226 Å². The first-order valence-corrected chi connectivity index (χ1v) is 13.4. The van der Waals surface area contributed by atoms with Crippen LogP contribution in [0.15, 0.2) is 95.9 Å². The van der Waals surface area contributed by atoms with E-state index in [0.717, 1.165) is 3.57 Å². The Bertz CT molecular complexity index is 1480. The molecule has 4 rings (SSSR count). The normalized spacial score (nSPS) is 11.1.